The van der Waals surface area contributed by atoms with E-state index in [9.17, 15) is 5.11 Å². The Bertz CT molecular complexity index is 554. The quantitative estimate of drug-likeness (QED) is 0.738. The highest BCUT2D eigenvalue weighted by Crippen LogP contribution is 2.41. The molecule has 1 saturated carbocycles. The minimum absolute atomic E-state index is 0.204. The van der Waals surface area contributed by atoms with Crippen molar-refractivity contribution >= 4 is 23.2 Å². The van der Waals surface area contributed by atoms with E-state index in [0.29, 0.717) is 21.9 Å². The number of quaternary nitrogens is 1. The molecule has 130 valence electrons. The molecule has 0 bridgehead atoms. The molecule has 1 aliphatic carbocycles. The Morgan fingerprint density at radius 1 is 1.30 bits per heavy atom. The minimum Gasteiger partial charge on any atom is -0.384 e. The first-order chi connectivity index (χ1) is 10.5. The second kappa shape index (κ2) is 6.92. The number of aliphatic hydroxyl groups is 1. The molecule has 1 aromatic rings. The Labute approximate surface area is 151 Å². The summed E-state index contributed by atoms with van der Waals surface area (Å²) in [6.07, 6.45) is 3.04. The van der Waals surface area contributed by atoms with Crippen LogP contribution in [0.2, 0.25) is 10.0 Å². The summed E-state index contributed by atoms with van der Waals surface area (Å²) in [7, 11) is 4.40. The third-order valence-corrected chi connectivity index (χ3v) is 6.23. The maximum atomic E-state index is 11.0. The number of likely N-dealkylation sites (N-methyl/N-ethyl adjacent to an activating group) is 1. The van der Waals surface area contributed by atoms with Crippen LogP contribution in [-0.4, -0.2) is 35.3 Å². The third kappa shape index (κ3) is 4.42. The van der Waals surface area contributed by atoms with Crippen LogP contribution in [0, 0.1) is 11.8 Å². The highest BCUT2D eigenvalue weighted by atomic mass is 35.5. The molecule has 23 heavy (non-hydrogen) atoms. The fourth-order valence-corrected chi connectivity index (χ4v) is 4.61. The van der Waals surface area contributed by atoms with Gasteiger partial charge in [-0.15, -0.1) is 0 Å². The highest BCUT2D eigenvalue weighted by Gasteiger charge is 2.48. The van der Waals surface area contributed by atoms with Crippen molar-refractivity contribution in [3.8, 4) is 0 Å². The summed E-state index contributed by atoms with van der Waals surface area (Å²) < 4.78 is 0.734. The van der Waals surface area contributed by atoms with E-state index in [1.54, 1.807) is 6.07 Å². The fourth-order valence-electron chi connectivity index (χ4n) is 4.15. The van der Waals surface area contributed by atoms with Crippen LogP contribution in [0.3, 0.4) is 0 Å². The van der Waals surface area contributed by atoms with Gasteiger partial charge >= 0.3 is 0 Å². The molecule has 2 rings (SSSR count). The van der Waals surface area contributed by atoms with Gasteiger partial charge in [0.15, 0.2) is 0 Å². The van der Waals surface area contributed by atoms with Crippen LogP contribution in [0.1, 0.15) is 45.6 Å². The summed E-state index contributed by atoms with van der Waals surface area (Å²) in [5, 5.41) is 12.4. The Kier molecular flexibility index (Phi) is 5.73. The van der Waals surface area contributed by atoms with E-state index in [-0.39, 0.29) is 6.04 Å². The molecule has 0 saturated heterocycles. The fraction of sp³-hybridized carbons (Fsp3) is 0.684. The lowest BCUT2D eigenvalue weighted by Crippen LogP contribution is -2.61. The molecule has 1 aliphatic rings. The van der Waals surface area contributed by atoms with Gasteiger partial charge in [0.2, 0.25) is 0 Å². The Hall–Kier alpha value is -0.280. The predicted molar refractivity (Wildman–Crippen MR) is 98.9 cm³/mol. The molecule has 1 fully saturated rings. The van der Waals surface area contributed by atoms with Gasteiger partial charge in [0.05, 0.1) is 19.1 Å². The normalized spacial score (nSPS) is 29.1. The summed E-state index contributed by atoms with van der Waals surface area (Å²) in [4.78, 5) is 0. The predicted octanol–water partition coefficient (Wildman–Crippen LogP) is 5.15. The molecular formula is C19H30Cl2NO+. The van der Waals surface area contributed by atoms with Gasteiger partial charge in [0.25, 0.3) is 0 Å². The zero-order valence-electron chi connectivity index (χ0n) is 14.9. The van der Waals surface area contributed by atoms with Crippen LogP contribution < -0.4 is 0 Å². The lowest BCUT2D eigenvalue weighted by Gasteiger charge is -2.50. The first-order valence-electron chi connectivity index (χ1n) is 8.52. The van der Waals surface area contributed by atoms with Gasteiger partial charge in [0.1, 0.15) is 18.2 Å². The Balaban J connectivity index is 2.24. The van der Waals surface area contributed by atoms with Gasteiger partial charge in [-0.1, -0.05) is 43.1 Å². The number of rotatable bonds is 4. The van der Waals surface area contributed by atoms with E-state index in [0.717, 1.165) is 35.9 Å². The molecule has 4 heteroatoms. The lowest BCUT2D eigenvalue weighted by atomic mass is 9.71. The van der Waals surface area contributed by atoms with Crippen molar-refractivity contribution in [1.82, 2.24) is 0 Å². The lowest BCUT2D eigenvalue weighted by molar-refractivity contribution is -0.936. The van der Waals surface area contributed by atoms with E-state index >= 15 is 0 Å². The minimum atomic E-state index is -0.631. The molecule has 0 spiro atoms. The Morgan fingerprint density at radius 3 is 2.52 bits per heavy atom. The summed E-state index contributed by atoms with van der Waals surface area (Å²) in [5.74, 6) is 1.34. The van der Waals surface area contributed by atoms with Gasteiger partial charge in [-0.3, -0.25) is 0 Å². The summed E-state index contributed by atoms with van der Waals surface area (Å²) >= 11 is 12.4. The molecule has 0 amide bonds. The van der Waals surface area contributed by atoms with E-state index in [4.69, 9.17) is 23.2 Å². The van der Waals surface area contributed by atoms with Crippen molar-refractivity contribution in [2.75, 3.05) is 14.1 Å². The second-order valence-electron chi connectivity index (χ2n) is 8.32. The first kappa shape index (κ1) is 19.1. The van der Waals surface area contributed by atoms with Gasteiger partial charge in [-0.25, -0.2) is 0 Å². The van der Waals surface area contributed by atoms with E-state index in [1.807, 2.05) is 19.1 Å². The second-order valence-corrected chi connectivity index (χ2v) is 9.17. The van der Waals surface area contributed by atoms with E-state index in [2.05, 4.69) is 27.9 Å². The Morgan fingerprint density at radius 2 is 1.96 bits per heavy atom. The van der Waals surface area contributed by atoms with Crippen molar-refractivity contribution in [2.45, 2.75) is 58.2 Å². The topological polar surface area (TPSA) is 20.2 Å². The largest absolute Gasteiger partial charge is 0.384 e. The molecule has 0 aromatic heterocycles. The van der Waals surface area contributed by atoms with Crippen LogP contribution in [0.25, 0.3) is 0 Å². The van der Waals surface area contributed by atoms with E-state index in [1.165, 1.54) is 0 Å². The van der Waals surface area contributed by atoms with Crippen molar-refractivity contribution in [2.24, 2.45) is 11.8 Å². The summed E-state index contributed by atoms with van der Waals surface area (Å²) in [6.45, 7) is 7.37. The van der Waals surface area contributed by atoms with Crippen LogP contribution in [-0.2, 0) is 6.54 Å². The van der Waals surface area contributed by atoms with Gasteiger partial charge in [-0.2, -0.15) is 0 Å². The van der Waals surface area contributed by atoms with Gasteiger partial charge in [-0.05, 0) is 43.7 Å². The zero-order chi connectivity index (χ0) is 17.4. The van der Waals surface area contributed by atoms with Crippen molar-refractivity contribution in [3.05, 3.63) is 33.8 Å². The van der Waals surface area contributed by atoms with Crippen molar-refractivity contribution < 1.29 is 9.59 Å². The van der Waals surface area contributed by atoms with Gasteiger partial charge < -0.3 is 9.59 Å². The number of hydrogen-bond acceptors (Lipinski definition) is 1. The maximum Gasteiger partial charge on any atom is 0.118 e. The van der Waals surface area contributed by atoms with Crippen LogP contribution in [0.5, 0.6) is 0 Å². The molecular weight excluding hydrogens is 329 g/mol. The molecule has 0 aliphatic heterocycles. The van der Waals surface area contributed by atoms with Crippen molar-refractivity contribution in [1.29, 1.82) is 0 Å². The third-order valence-electron chi connectivity index (χ3n) is 5.64. The number of nitrogens with zero attached hydrogens (tertiary/aromatic N) is 1. The monoisotopic (exact) mass is 358 g/mol. The molecule has 0 radical (unpaired) electrons. The zero-order valence-corrected chi connectivity index (χ0v) is 16.5. The van der Waals surface area contributed by atoms with Crippen LogP contribution in [0.4, 0.5) is 0 Å². The number of halogens is 2. The van der Waals surface area contributed by atoms with Crippen LogP contribution >= 0.6 is 23.2 Å². The molecule has 2 nitrogen and oxygen atoms in total. The maximum absolute atomic E-state index is 11.0. The van der Waals surface area contributed by atoms with Gasteiger partial charge in [0, 0.05) is 17.0 Å². The molecule has 0 heterocycles. The average molecular weight is 359 g/mol. The number of benzene rings is 1. The highest BCUT2D eigenvalue weighted by molar-refractivity contribution is 6.35. The summed E-state index contributed by atoms with van der Waals surface area (Å²) in [5.41, 5.74) is 0.455. The number of hydrogen-bond donors (Lipinski definition) is 1. The molecule has 1 aromatic carbocycles. The standard InChI is InChI=1S/C19H30Cl2NO/c1-13(2)14-8-9-19(3,23)18(10-14)22(4,5)12-15-6-7-16(20)11-17(15)21/h6-7,11,13-14,18,23H,8-10,12H2,1-5H3/q+1. The average Bonchev–Trinajstić information content (AvgIpc) is 2.41. The van der Waals surface area contributed by atoms with E-state index < -0.39 is 5.60 Å². The van der Waals surface area contributed by atoms with Crippen molar-refractivity contribution in [3.63, 3.8) is 0 Å². The smallest absolute Gasteiger partial charge is 0.118 e. The SMILES string of the molecule is CC(C)C1CCC(C)(O)C([N+](C)(C)Cc2ccc(Cl)cc2Cl)C1. The molecule has 1 N–H and O–H groups in total. The van der Waals surface area contributed by atoms with Crippen LogP contribution in [0.15, 0.2) is 18.2 Å². The molecule has 3 atom stereocenters. The summed E-state index contributed by atoms with van der Waals surface area (Å²) in [6, 6.07) is 5.89. The molecule has 3 unspecified atom stereocenters. The first-order valence-corrected chi connectivity index (χ1v) is 9.27.